The predicted octanol–water partition coefficient (Wildman–Crippen LogP) is 2.41. The topological polar surface area (TPSA) is 72.2 Å². The number of rotatable bonds is 4. The van der Waals surface area contributed by atoms with Crippen LogP contribution in [0.3, 0.4) is 0 Å². The van der Waals surface area contributed by atoms with Gasteiger partial charge in [-0.1, -0.05) is 35.4 Å². The Morgan fingerprint density at radius 3 is 2.59 bits per heavy atom. The fourth-order valence-corrected chi connectivity index (χ4v) is 2.70. The highest BCUT2D eigenvalue weighted by atomic mass is 35.5. The zero-order valence-electron chi connectivity index (χ0n) is 8.78. The average molecular weight is 313 g/mol. The Labute approximate surface area is 115 Å². The molecule has 0 saturated heterocycles. The number of hydrogen-bond acceptors (Lipinski definition) is 3. The third-order valence-corrected chi connectivity index (χ3v) is 4.80. The maximum Gasteiger partial charge on any atom is 0.241 e. The van der Waals surface area contributed by atoms with Crippen molar-refractivity contribution in [2.45, 2.75) is 12.2 Å². The first kappa shape index (κ1) is 14.5. The van der Waals surface area contributed by atoms with Gasteiger partial charge in [0, 0.05) is 5.02 Å². The number of anilines is 1. The van der Waals surface area contributed by atoms with Crippen LogP contribution in [0.5, 0.6) is 0 Å². The van der Waals surface area contributed by atoms with Crippen molar-refractivity contribution in [1.29, 1.82) is 0 Å². The molecule has 4 nitrogen and oxygen atoms in total. The SMILES string of the molecule is CC(C(N)=S)S(=O)(=O)Nc1cc(Cl)ccc1Cl. The molecule has 1 aromatic rings. The van der Waals surface area contributed by atoms with Gasteiger partial charge in [0.1, 0.15) is 5.25 Å². The molecule has 0 saturated carbocycles. The highest BCUT2D eigenvalue weighted by Crippen LogP contribution is 2.26. The Morgan fingerprint density at radius 1 is 1.47 bits per heavy atom. The maximum absolute atomic E-state index is 11.8. The maximum atomic E-state index is 11.8. The second kappa shape index (κ2) is 5.39. The molecule has 3 N–H and O–H groups in total. The van der Waals surface area contributed by atoms with Crippen LogP contribution in [0.25, 0.3) is 0 Å². The summed E-state index contributed by atoms with van der Waals surface area (Å²) in [5.74, 6) is 0. The first-order chi connectivity index (χ1) is 7.74. The van der Waals surface area contributed by atoms with E-state index in [-0.39, 0.29) is 15.7 Å². The molecule has 0 aromatic heterocycles. The smallest absolute Gasteiger partial charge is 0.241 e. The quantitative estimate of drug-likeness (QED) is 0.837. The van der Waals surface area contributed by atoms with Gasteiger partial charge in [0.25, 0.3) is 0 Å². The van der Waals surface area contributed by atoms with Gasteiger partial charge in [0.15, 0.2) is 0 Å². The van der Waals surface area contributed by atoms with Crippen molar-refractivity contribution in [2.24, 2.45) is 5.73 Å². The summed E-state index contributed by atoms with van der Waals surface area (Å²) in [7, 11) is -3.71. The lowest BCUT2D eigenvalue weighted by Crippen LogP contribution is -2.35. The molecule has 0 heterocycles. The van der Waals surface area contributed by atoms with E-state index in [0.29, 0.717) is 5.02 Å². The minimum Gasteiger partial charge on any atom is -0.392 e. The summed E-state index contributed by atoms with van der Waals surface area (Å²) in [6.07, 6.45) is 0. The molecule has 1 unspecified atom stereocenters. The molecule has 0 fully saturated rings. The molecule has 0 bridgehead atoms. The van der Waals surface area contributed by atoms with Gasteiger partial charge in [-0.15, -0.1) is 0 Å². The van der Waals surface area contributed by atoms with Crippen LogP contribution in [0.15, 0.2) is 18.2 Å². The van der Waals surface area contributed by atoms with Gasteiger partial charge in [-0.25, -0.2) is 8.42 Å². The van der Waals surface area contributed by atoms with E-state index in [1.165, 1.54) is 19.1 Å². The highest BCUT2D eigenvalue weighted by Gasteiger charge is 2.24. The Bertz CT molecular complexity index is 546. The van der Waals surface area contributed by atoms with E-state index >= 15 is 0 Å². The van der Waals surface area contributed by atoms with Gasteiger partial charge in [0.2, 0.25) is 10.0 Å². The van der Waals surface area contributed by atoms with Gasteiger partial charge < -0.3 is 5.73 Å². The van der Waals surface area contributed by atoms with Crippen LogP contribution in [0, 0.1) is 0 Å². The van der Waals surface area contributed by atoms with E-state index in [1.807, 2.05) is 0 Å². The number of thiocarbonyl (C=S) groups is 1. The van der Waals surface area contributed by atoms with E-state index in [1.54, 1.807) is 6.07 Å². The molecular formula is C9H10Cl2N2O2S2. The Hall–Kier alpha value is -0.560. The van der Waals surface area contributed by atoms with E-state index in [9.17, 15) is 8.42 Å². The fourth-order valence-electron chi connectivity index (χ4n) is 0.970. The second-order valence-electron chi connectivity index (χ2n) is 3.32. The number of sulfonamides is 1. The molecule has 17 heavy (non-hydrogen) atoms. The standard InChI is InChI=1S/C9H10Cl2N2O2S2/c1-5(9(12)16)17(14,15)13-8-4-6(10)2-3-7(8)11/h2-5,13H,1H3,(H2,12,16). The second-order valence-corrected chi connectivity index (χ2v) is 6.63. The number of benzene rings is 1. The molecule has 0 spiro atoms. The minimum absolute atomic E-state index is 0.115. The molecule has 94 valence electrons. The summed E-state index contributed by atoms with van der Waals surface area (Å²) in [6, 6.07) is 4.46. The van der Waals surface area contributed by atoms with Crippen molar-refractivity contribution in [3.05, 3.63) is 28.2 Å². The Kier molecular flexibility index (Phi) is 4.60. The van der Waals surface area contributed by atoms with Crippen LogP contribution in [0.1, 0.15) is 6.92 Å². The number of nitrogens with two attached hydrogens (primary N) is 1. The summed E-state index contributed by atoms with van der Waals surface area (Å²) in [4.78, 5) is -0.115. The molecule has 0 radical (unpaired) electrons. The summed E-state index contributed by atoms with van der Waals surface area (Å²) in [5.41, 5.74) is 5.49. The fraction of sp³-hybridized carbons (Fsp3) is 0.222. The number of halogens is 2. The van der Waals surface area contributed by atoms with E-state index in [0.717, 1.165) is 0 Å². The summed E-state index contributed by atoms with van der Waals surface area (Å²) in [6.45, 7) is 1.39. The number of nitrogens with one attached hydrogen (secondary N) is 1. The van der Waals surface area contributed by atoms with Crippen LogP contribution >= 0.6 is 35.4 Å². The molecule has 0 aliphatic rings. The van der Waals surface area contributed by atoms with Crippen LogP contribution in [0.4, 0.5) is 5.69 Å². The van der Waals surface area contributed by atoms with Crippen molar-refractivity contribution in [2.75, 3.05) is 4.72 Å². The third-order valence-electron chi connectivity index (χ3n) is 2.05. The monoisotopic (exact) mass is 312 g/mol. The zero-order valence-corrected chi connectivity index (χ0v) is 11.9. The first-order valence-corrected chi connectivity index (χ1v) is 7.21. The van der Waals surface area contributed by atoms with Gasteiger partial charge in [-0.3, -0.25) is 4.72 Å². The zero-order chi connectivity index (χ0) is 13.2. The Balaban J connectivity index is 3.06. The van der Waals surface area contributed by atoms with Gasteiger partial charge in [0.05, 0.1) is 15.7 Å². The largest absolute Gasteiger partial charge is 0.392 e. The van der Waals surface area contributed by atoms with Crippen LogP contribution in [0.2, 0.25) is 10.0 Å². The first-order valence-electron chi connectivity index (χ1n) is 4.50. The highest BCUT2D eigenvalue weighted by molar-refractivity contribution is 7.95. The number of hydrogen-bond donors (Lipinski definition) is 2. The predicted molar refractivity (Wildman–Crippen MR) is 75.3 cm³/mol. The molecule has 0 aliphatic carbocycles. The molecule has 0 aliphatic heterocycles. The van der Waals surface area contributed by atoms with E-state index in [2.05, 4.69) is 16.9 Å². The summed E-state index contributed by atoms with van der Waals surface area (Å²) >= 11 is 16.2. The molecule has 0 amide bonds. The molecule has 8 heteroatoms. The van der Waals surface area contributed by atoms with Crippen LogP contribution < -0.4 is 10.5 Å². The van der Waals surface area contributed by atoms with Crippen molar-refractivity contribution >= 4 is 56.1 Å². The average Bonchev–Trinajstić information content (AvgIpc) is 2.21. The lowest BCUT2D eigenvalue weighted by Gasteiger charge is -2.14. The van der Waals surface area contributed by atoms with Crippen molar-refractivity contribution in [3.8, 4) is 0 Å². The van der Waals surface area contributed by atoms with E-state index in [4.69, 9.17) is 28.9 Å². The normalized spacial score (nSPS) is 13.1. The molecule has 1 rings (SSSR count). The summed E-state index contributed by atoms with van der Waals surface area (Å²) < 4.78 is 25.9. The third kappa shape index (κ3) is 3.70. The lowest BCUT2D eigenvalue weighted by molar-refractivity contribution is 0.598. The lowest BCUT2D eigenvalue weighted by atomic mass is 10.3. The summed E-state index contributed by atoms with van der Waals surface area (Å²) in [5, 5.41) is -0.379. The molecular weight excluding hydrogens is 303 g/mol. The van der Waals surface area contributed by atoms with E-state index < -0.39 is 15.3 Å². The molecule has 1 atom stereocenters. The van der Waals surface area contributed by atoms with Gasteiger partial charge >= 0.3 is 0 Å². The van der Waals surface area contributed by atoms with Crippen molar-refractivity contribution in [3.63, 3.8) is 0 Å². The van der Waals surface area contributed by atoms with Crippen LogP contribution in [-0.4, -0.2) is 18.7 Å². The minimum atomic E-state index is -3.71. The van der Waals surface area contributed by atoms with Crippen molar-refractivity contribution < 1.29 is 8.42 Å². The van der Waals surface area contributed by atoms with Crippen molar-refractivity contribution in [1.82, 2.24) is 0 Å². The van der Waals surface area contributed by atoms with Gasteiger partial charge in [-0.2, -0.15) is 0 Å². The van der Waals surface area contributed by atoms with Crippen LogP contribution in [-0.2, 0) is 10.0 Å². The van der Waals surface area contributed by atoms with Gasteiger partial charge in [-0.05, 0) is 25.1 Å². The molecule has 1 aromatic carbocycles. The Morgan fingerprint density at radius 2 is 2.06 bits per heavy atom.